The van der Waals surface area contributed by atoms with Gasteiger partial charge in [0.05, 0.1) is 26.4 Å². The van der Waals surface area contributed by atoms with Crippen molar-refractivity contribution in [3.05, 3.63) is 41.1 Å². The first-order valence-electron chi connectivity index (χ1n) is 10.0. The SMILES string of the molecule is CCCCOCc1nn(C(CF)c2ccc(C(F)(F)F)cc2)c2nc(OC)nc(OC)c12. The lowest BCUT2D eigenvalue weighted by molar-refractivity contribution is -0.137. The maximum atomic E-state index is 14.2. The molecule has 0 spiro atoms. The van der Waals surface area contributed by atoms with Crippen LogP contribution in [0.3, 0.4) is 0 Å². The van der Waals surface area contributed by atoms with Gasteiger partial charge in [-0.05, 0) is 24.1 Å². The van der Waals surface area contributed by atoms with Crippen LogP contribution in [-0.2, 0) is 17.5 Å². The van der Waals surface area contributed by atoms with Crippen molar-refractivity contribution in [2.45, 2.75) is 38.6 Å². The van der Waals surface area contributed by atoms with Crippen LogP contribution < -0.4 is 9.47 Å². The summed E-state index contributed by atoms with van der Waals surface area (Å²) >= 11 is 0. The number of benzene rings is 1. The number of alkyl halides is 4. The Morgan fingerprint density at radius 3 is 2.34 bits per heavy atom. The lowest BCUT2D eigenvalue weighted by Crippen LogP contribution is -2.16. The molecular weight excluding hydrogens is 432 g/mol. The van der Waals surface area contributed by atoms with Crippen molar-refractivity contribution >= 4 is 11.0 Å². The molecule has 0 bridgehead atoms. The van der Waals surface area contributed by atoms with Gasteiger partial charge in [0.1, 0.15) is 23.8 Å². The molecule has 32 heavy (non-hydrogen) atoms. The zero-order valence-electron chi connectivity index (χ0n) is 17.9. The maximum Gasteiger partial charge on any atom is 0.416 e. The summed E-state index contributed by atoms with van der Waals surface area (Å²) in [5.41, 5.74) is 0.145. The monoisotopic (exact) mass is 456 g/mol. The summed E-state index contributed by atoms with van der Waals surface area (Å²) in [6.45, 7) is 1.73. The van der Waals surface area contributed by atoms with E-state index < -0.39 is 24.5 Å². The van der Waals surface area contributed by atoms with Gasteiger partial charge in [0, 0.05) is 6.61 Å². The number of ether oxygens (including phenoxy) is 3. The molecule has 3 aromatic rings. The first kappa shape index (κ1) is 23.7. The summed E-state index contributed by atoms with van der Waals surface area (Å²) in [7, 11) is 2.79. The second kappa shape index (κ2) is 10.1. The number of fused-ring (bicyclic) bond motifs is 1. The van der Waals surface area contributed by atoms with Gasteiger partial charge in [-0.25, -0.2) is 9.07 Å². The van der Waals surface area contributed by atoms with E-state index in [-0.39, 0.29) is 24.1 Å². The third kappa shape index (κ3) is 4.93. The number of rotatable bonds is 10. The van der Waals surface area contributed by atoms with Crippen molar-refractivity contribution in [1.29, 1.82) is 0 Å². The summed E-state index contributed by atoms with van der Waals surface area (Å²) < 4.78 is 70.4. The normalized spacial score (nSPS) is 12.8. The predicted molar refractivity (Wildman–Crippen MR) is 109 cm³/mol. The highest BCUT2D eigenvalue weighted by atomic mass is 19.4. The Kier molecular flexibility index (Phi) is 7.49. The van der Waals surface area contributed by atoms with Gasteiger partial charge in [0.2, 0.25) is 5.88 Å². The minimum atomic E-state index is -4.49. The fraction of sp³-hybridized carbons (Fsp3) is 0.476. The number of nitrogens with zero attached hydrogens (tertiary/aromatic N) is 4. The average Bonchev–Trinajstić information content (AvgIpc) is 3.14. The quantitative estimate of drug-likeness (QED) is 0.324. The van der Waals surface area contributed by atoms with Gasteiger partial charge in [-0.2, -0.15) is 28.2 Å². The van der Waals surface area contributed by atoms with Crippen LogP contribution in [0.2, 0.25) is 0 Å². The van der Waals surface area contributed by atoms with Crippen LogP contribution in [-0.4, -0.2) is 47.2 Å². The van der Waals surface area contributed by atoms with Gasteiger partial charge >= 0.3 is 12.2 Å². The Morgan fingerprint density at radius 1 is 1.06 bits per heavy atom. The van der Waals surface area contributed by atoms with Crippen LogP contribution in [0, 0.1) is 0 Å². The maximum absolute atomic E-state index is 14.2. The molecule has 0 radical (unpaired) electrons. The third-order valence-corrected chi connectivity index (χ3v) is 4.89. The van der Waals surface area contributed by atoms with Crippen LogP contribution >= 0.6 is 0 Å². The van der Waals surface area contributed by atoms with Crippen LogP contribution in [0.25, 0.3) is 11.0 Å². The van der Waals surface area contributed by atoms with E-state index in [4.69, 9.17) is 14.2 Å². The van der Waals surface area contributed by atoms with Gasteiger partial charge in [-0.3, -0.25) is 0 Å². The molecule has 0 saturated carbocycles. The zero-order valence-corrected chi connectivity index (χ0v) is 17.9. The zero-order chi connectivity index (χ0) is 23.3. The Hall–Kier alpha value is -2.95. The molecule has 2 heterocycles. The number of hydrogen-bond donors (Lipinski definition) is 0. The van der Waals surface area contributed by atoms with E-state index in [1.54, 1.807) is 0 Å². The van der Waals surface area contributed by atoms with Gasteiger partial charge < -0.3 is 14.2 Å². The highest BCUT2D eigenvalue weighted by Gasteiger charge is 2.31. The van der Waals surface area contributed by atoms with E-state index in [0.717, 1.165) is 25.0 Å². The molecule has 7 nitrogen and oxygen atoms in total. The number of aromatic nitrogens is 4. The van der Waals surface area contributed by atoms with Crippen molar-refractivity contribution < 1.29 is 31.8 Å². The second-order valence-electron chi connectivity index (χ2n) is 7.01. The first-order chi connectivity index (χ1) is 15.3. The van der Waals surface area contributed by atoms with Gasteiger partial charge in [0.15, 0.2) is 5.65 Å². The predicted octanol–water partition coefficient (Wildman–Crippen LogP) is 4.74. The minimum absolute atomic E-state index is 0.0148. The van der Waals surface area contributed by atoms with Crippen molar-refractivity contribution in [2.75, 3.05) is 27.5 Å². The lowest BCUT2D eigenvalue weighted by Gasteiger charge is -2.16. The van der Waals surface area contributed by atoms with Crippen molar-refractivity contribution in [1.82, 2.24) is 19.7 Å². The number of halogens is 4. The molecule has 1 unspecified atom stereocenters. The van der Waals surface area contributed by atoms with E-state index >= 15 is 0 Å². The molecule has 3 rings (SSSR count). The fourth-order valence-corrected chi connectivity index (χ4v) is 3.22. The molecule has 2 aromatic heterocycles. The summed E-state index contributed by atoms with van der Waals surface area (Å²) in [6, 6.07) is 3.25. The summed E-state index contributed by atoms with van der Waals surface area (Å²) in [5.74, 6) is 0.178. The Labute approximate surface area is 182 Å². The first-order valence-corrected chi connectivity index (χ1v) is 10.0. The summed E-state index contributed by atoms with van der Waals surface area (Å²) in [4.78, 5) is 8.47. The molecule has 0 aliphatic rings. The molecule has 0 aliphatic heterocycles. The van der Waals surface area contributed by atoms with E-state index in [0.29, 0.717) is 23.3 Å². The average molecular weight is 456 g/mol. The number of hydrogen-bond acceptors (Lipinski definition) is 6. The minimum Gasteiger partial charge on any atom is -0.480 e. The van der Waals surface area contributed by atoms with Crippen LogP contribution in [0.5, 0.6) is 11.9 Å². The molecule has 0 fully saturated rings. The molecule has 1 aromatic carbocycles. The molecule has 174 valence electrons. The molecule has 0 amide bonds. The molecule has 1 atom stereocenters. The topological polar surface area (TPSA) is 71.3 Å². The van der Waals surface area contributed by atoms with Crippen LogP contribution in [0.1, 0.15) is 42.6 Å². The van der Waals surface area contributed by atoms with Crippen molar-refractivity contribution in [3.8, 4) is 11.9 Å². The largest absolute Gasteiger partial charge is 0.480 e. The molecule has 0 saturated heterocycles. The van der Waals surface area contributed by atoms with E-state index in [2.05, 4.69) is 15.1 Å². The van der Waals surface area contributed by atoms with Gasteiger partial charge in [-0.15, -0.1) is 0 Å². The smallest absolute Gasteiger partial charge is 0.416 e. The molecule has 0 aliphatic carbocycles. The lowest BCUT2D eigenvalue weighted by atomic mass is 10.1. The Balaban J connectivity index is 2.10. The highest BCUT2D eigenvalue weighted by Crippen LogP contribution is 2.34. The second-order valence-corrected chi connectivity index (χ2v) is 7.01. The Bertz CT molecular complexity index is 1040. The van der Waals surface area contributed by atoms with E-state index in [1.165, 1.54) is 31.0 Å². The fourth-order valence-electron chi connectivity index (χ4n) is 3.22. The standard InChI is InChI=1S/C21H24F4N4O3/c1-4-5-10-32-12-15-17-18(26-20(31-3)27-19(17)30-2)29(28-15)16(11-22)13-6-8-14(9-7-13)21(23,24)25/h6-9,16H,4-5,10-12H2,1-3H3. The van der Waals surface area contributed by atoms with E-state index in [1.807, 2.05) is 6.92 Å². The molecular formula is C21H24F4N4O3. The third-order valence-electron chi connectivity index (χ3n) is 4.89. The van der Waals surface area contributed by atoms with E-state index in [9.17, 15) is 17.6 Å². The van der Waals surface area contributed by atoms with Crippen LogP contribution in [0.15, 0.2) is 24.3 Å². The Morgan fingerprint density at radius 2 is 1.78 bits per heavy atom. The van der Waals surface area contributed by atoms with Gasteiger partial charge in [-0.1, -0.05) is 25.5 Å². The van der Waals surface area contributed by atoms with Crippen molar-refractivity contribution in [3.63, 3.8) is 0 Å². The number of unbranched alkanes of at least 4 members (excludes halogenated alkanes) is 1. The van der Waals surface area contributed by atoms with Crippen LogP contribution in [0.4, 0.5) is 17.6 Å². The van der Waals surface area contributed by atoms with Crippen molar-refractivity contribution in [2.24, 2.45) is 0 Å². The molecule has 11 heteroatoms. The molecule has 0 N–H and O–H groups in total. The highest BCUT2D eigenvalue weighted by molar-refractivity contribution is 5.84. The number of methoxy groups -OCH3 is 2. The van der Waals surface area contributed by atoms with Gasteiger partial charge in [0.25, 0.3) is 0 Å². The summed E-state index contributed by atoms with van der Waals surface area (Å²) in [6.07, 6.45) is -2.67. The summed E-state index contributed by atoms with van der Waals surface area (Å²) in [5, 5.41) is 4.91.